The molecule has 66 valence electrons. The molecule has 0 aromatic rings. The molecule has 1 atom stereocenters. The molecule has 0 amide bonds. The molecule has 3 heteroatoms. The highest BCUT2D eigenvalue weighted by Crippen LogP contribution is 2.19. The summed E-state index contributed by atoms with van der Waals surface area (Å²) >= 11 is 1.88. The van der Waals surface area contributed by atoms with E-state index in [2.05, 4.69) is 29.4 Å². The van der Waals surface area contributed by atoms with Crippen LogP contribution in [0.5, 0.6) is 0 Å². The standard InChI is InChI=1S/C8H18N2S/c1-4-10(11-3)8-5-6-9(2)7-8/h8H,4-7H2,1-3H3/t8-/m1/s1. The van der Waals surface area contributed by atoms with E-state index in [-0.39, 0.29) is 0 Å². The summed E-state index contributed by atoms with van der Waals surface area (Å²) in [6, 6.07) is 0.792. The van der Waals surface area contributed by atoms with Gasteiger partial charge < -0.3 is 4.90 Å². The fourth-order valence-corrected chi connectivity index (χ4v) is 2.41. The molecule has 1 aliphatic rings. The first-order chi connectivity index (χ1) is 5.27. The van der Waals surface area contributed by atoms with E-state index in [4.69, 9.17) is 0 Å². The molecule has 0 saturated carbocycles. The molecule has 0 bridgehead atoms. The third kappa shape index (κ3) is 2.36. The van der Waals surface area contributed by atoms with Crippen molar-refractivity contribution in [2.45, 2.75) is 19.4 Å². The number of hydrogen-bond acceptors (Lipinski definition) is 3. The lowest BCUT2D eigenvalue weighted by molar-refractivity contribution is 0.344. The molecule has 1 heterocycles. The summed E-state index contributed by atoms with van der Waals surface area (Å²) in [5.41, 5.74) is 0. The lowest BCUT2D eigenvalue weighted by atomic mass is 10.3. The zero-order valence-corrected chi connectivity index (χ0v) is 8.52. The largest absolute Gasteiger partial charge is 0.305 e. The molecule has 0 unspecified atom stereocenters. The zero-order chi connectivity index (χ0) is 8.27. The predicted octanol–water partition coefficient (Wildman–Crippen LogP) is 1.29. The van der Waals surface area contributed by atoms with E-state index in [1.54, 1.807) is 0 Å². The summed E-state index contributed by atoms with van der Waals surface area (Å²) in [6.45, 7) is 5.91. The van der Waals surface area contributed by atoms with Crippen molar-refractivity contribution < 1.29 is 0 Å². The molecule has 11 heavy (non-hydrogen) atoms. The average Bonchev–Trinajstić information content (AvgIpc) is 2.39. The van der Waals surface area contributed by atoms with Gasteiger partial charge in [-0.3, -0.25) is 0 Å². The lowest BCUT2D eigenvalue weighted by Gasteiger charge is -2.24. The molecule has 1 rings (SSSR count). The van der Waals surface area contributed by atoms with Crippen LogP contribution in [0.15, 0.2) is 0 Å². The van der Waals surface area contributed by atoms with Gasteiger partial charge in [0.15, 0.2) is 0 Å². The van der Waals surface area contributed by atoms with Crippen LogP contribution in [0.3, 0.4) is 0 Å². The average molecular weight is 174 g/mol. The van der Waals surface area contributed by atoms with Crippen molar-refractivity contribution in [2.24, 2.45) is 0 Å². The van der Waals surface area contributed by atoms with E-state index in [1.165, 1.54) is 26.1 Å². The zero-order valence-electron chi connectivity index (χ0n) is 7.71. The van der Waals surface area contributed by atoms with E-state index >= 15 is 0 Å². The van der Waals surface area contributed by atoms with E-state index < -0.39 is 0 Å². The van der Waals surface area contributed by atoms with Gasteiger partial charge in [-0.05, 0) is 26.3 Å². The van der Waals surface area contributed by atoms with E-state index in [0.29, 0.717) is 0 Å². The smallest absolute Gasteiger partial charge is 0.0341 e. The van der Waals surface area contributed by atoms with Gasteiger partial charge in [0.25, 0.3) is 0 Å². The molecule has 0 aliphatic carbocycles. The molecule has 0 radical (unpaired) electrons. The summed E-state index contributed by atoms with van der Waals surface area (Å²) in [7, 11) is 2.20. The van der Waals surface area contributed by atoms with Gasteiger partial charge in [-0.2, -0.15) is 0 Å². The van der Waals surface area contributed by atoms with Crippen LogP contribution in [0.4, 0.5) is 0 Å². The Morgan fingerprint density at radius 3 is 2.73 bits per heavy atom. The Morgan fingerprint density at radius 1 is 1.64 bits per heavy atom. The van der Waals surface area contributed by atoms with Crippen molar-refractivity contribution in [2.75, 3.05) is 32.9 Å². The fraction of sp³-hybridized carbons (Fsp3) is 1.00. The maximum absolute atomic E-state index is 2.48. The minimum Gasteiger partial charge on any atom is -0.305 e. The van der Waals surface area contributed by atoms with Crippen molar-refractivity contribution >= 4 is 11.9 Å². The number of likely N-dealkylation sites (tertiary alicyclic amines) is 1. The summed E-state index contributed by atoms with van der Waals surface area (Å²) in [5, 5.41) is 0. The highest BCUT2D eigenvalue weighted by atomic mass is 32.2. The first-order valence-electron chi connectivity index (χ1n) is 4.27. The summed E-state index contributed by atoms with van der Waals surface area (Å²) in [5.74, 6) is 0. The van der Waals surface area contributed by atoms with Crippen LogP contribution in [0, 0.1) is 0 Å². The molecule has 1 fully saturated rings. The van der Waals surface area contributed by atoms with Crippen molar-refractivity contribution in [3.8, 4) is 0 Å². The van der Waals surface area contributed by atoms with Crippen LogP contribution in [-0.2, 0) is 0 Å². The van der Waals surface area contributed by atoms with E-state index in [0.717, 1.165) is 6.04 Å². The number of nitrogens with zero attached hydrogens (tertiary/aromatic N) is 2. The van der Waals surface area contributed by atoms with Gasteiger partial charge in [-0.15, -0.1) is 0 Å². The van der Waals surface area contributed by atoms with Gasteiger partial charge in [-0.25, -0.2) is 4.31 Å². The van der Waals surface area contributed by atoms with Gasteiger partial charge in [0.05, 0.1) is 0 Å². The van der Waals surface area contributed by atoms with Crippen LogP contribution < -0.4 is 0 Å². The van der Waals surface area contributed by atoms with Gasteiger partial charge in [0, 0.05) is 19.1 Å². The van der Waals surface area contributed by atoms with Crippen LogP contribution in [0.1, 0.15) is 13.3 Å². The molecule has 0 N–H and O–H groups in total. The molecule has 0 aromatic carbocycles. The summed E-state index contributed by atoms with van der Waals surface area (Å²) in [6.07, 6.45) is 3.51. The Morgan fingerprint density at radius 2 is 2.36 bits per heavy atom. The maximum atomic E-state index is 2.48. The molecule has 1 saturated heterocycles. The Bertz CT molecular complexity index is 115. The first-order valence-corrected chi connectivity index (χ1v) is 5.45. The molecule has 2 nitrogen and oxygen atoms in total. The highest BCUT2D eigenvalue weighted by Gasteiger charge is 2.23. The Hall–Kier alpha value is 0.270. The lowest BCUT2D eigenvalue weighted by Crippen LogP contribution is -2.31. The molecular formula is C8H18N2S. The SMILES string of the molecule is CCN(SC)[C@@H]1CCN(C)C1. The quantitative estimate of drug-likeness (QED) is 0.595. The Labute approximate surface area is 74.1 Å². The third-order valence-corrected chi connectivity index (χ3v) is 3.35. The number of rotatable bonds is 3. The monoisotopic (exact) mass is 174 g/mol. The summed E-state index contributed by atoms with van der Waals surface area (Å²) in [4.78, 5) is 2.41. The minimum absolute atomic E-state index is 0.792. The van der Waals surface area contributed by atoms with E-state index in [9.17, 15) is 0 Å². The van der Waals surface area contributed by atoms with Crippen LogP contribution >= 0.6 is 11.9 Å². The fourth-order valence-electron chi connectivity index (χ4n) is 1.68. The first kappa shape index (κ1) is 9.36. The normalized spacial score (nSPS) is 26.7. The second kappa shape index (κ2) is 4.33. The van der Waals surface area contributed by atoms with Crippen molar-refractivity contribution in [3.05, 3.63) is 0 Å². The van der Waals surface area contributed by atoms with Gasteiger partial charge >= 0.3 is 0 Å². The van der Waals surface area contributed by atoms with Crippen LogP contribution in [0.25, 0.3) is 0 Å². The van der Waals surface area contributed by atoms with Crippen molar-refractivity contribution in [3.63, 3.8) is 0 Å². The second-order valence-electron chi connectivity index (χ2n) is 3.12. The predicted molar refractivity (Wildman–Crippen MR) is 51.8 cm³/mol. The van der Waals surface area contributed by atoms with Crippen LogP contribution in [-0.4, -0.2) is 48.2 Å². The van der Waals surface area contributed by atoms with Crippen LogP contribution in [0.2, 0.25) is 0 Å². The molecule has 0 spiro atoms. The van der Waals surface area contributed by atoms with Crippen molar-refractivity contribution in [1.82, 2.24) is 9.21 Å². The number of likely N-dealkylation sites (N-methyl/N-ethyl adjacent to an activating group) is 2. The minimum atomic E-state index is 0.792. The van der Waals surface area contributed by atoms with E-state index in [1.807, 2.05) is 11.9 Å². The van der Waals surface area contributed by atoms with Gasteiger partial charge in [-0.1, -0.05) is 18.9 Å². The second-order valence-corrected chi connectivity index (χ2v) is 3.95. The Kier molecular flexibility index (Phi) is 3.69. The third-order valence-electron chi connectivity index (χ3n) is 2.32. The summed E-state index contributed by atoms with van der Waals surface area (Å²) < 4.78 is 2.48. The molecule has 1 aliphatic heterocycles. The number of hydrogen-bond donors (Lipinski definition) is 0. The Balaban J connectivity index is 2.34. The topological polar surface area (TPSA) is 6.48 Å². The van der Waals surface area contributed by atoms with Crippen molar-refractivity contribution in [1.29, 1.82) is 0 Å². The van der Waals surface area contributed by atoms with Gasteiger partial charge in [0.1, 0.15) is 0 Å². The molecular weight excluding hydrogens is 156 g/mol. The highest BCUT2D eigenvalue weighted by molar-refractivity contribution is 7.96. The molecule has 0 aromatic heterocycles. The maximum Gasteiger partial charge on any atom is 0.0341 e. The van der Waals surface area contributed by atoms with Gasteiger partial charge in [0.2, 0.25) is 0 Å².